The molecular weight excluding hydrogens is 190 g/mol. The molecule has 0 amide bonds. The minimum Gasteiger partial charge on any atom is -0.222 e. The summed E-state index contributed by atoms with van der Waals surface area (Å²) in [6, 6.07) is 0. The predicted molar refractivity (Wildman–Crippen MR) is 50.7 cm³/mol. The molecule has 1 aliphatic heterocycles. The van der Waals surface area contributed by atoms with Gasteiger partial charge in [0.2, 0.25) is 4.96 Å². The van der Waals surface area contributed by atoms with E-state index < -0.39 is 0 Å². The lowest BCUT2D eigenvalue weighted by Crippen LogP contribution is -2.03. The van der Waals surface area contributed by atoms with E-state index in [1.165, 1.54) is 17.1 Å². The molecule has 3 rings (SSSR count). The van der Waals surface area contributed by atoms with Gasteiger partial charge in [-0.3, -0.25) is 0 Å². The van der Waals surface area contributed by atoms with Crippen molar-refractivity contribution in [2.24, 2.45) is 0 Å². The second kappa shape index (κ2) is 2.47. The van der Waals surface area contributed by atoms with Gasteiger partial charge in [0.1, 0.15) is 5.51 Å². The molecular formula is C7H7N3S2. The highest BCUT2D eigenvalue weighted by atomic mass is 32.2. The molecule has 0 atom stereocenters. The number of imidazole rings is 1. The summed E-state index contributed by atoms with van der Waals surface area (Å²) in [4.78, 5) is 5.56. The molecule has 5 heteroatoms. The summed E-state index contributed by atoms with van der Waals surface area (Å²) < 4.78 is 1.98. The summed E-state index contributed by atoms with van der Waals surface area (Å²) in [6.45, 7) is 0. The van der Waals surface area contributed by atoms with Crippen LogP contribution < -0.4 is 0 Å². The number of aryl methyl sites for hydroxylation is 1. The minimum atomic E-state index is 1.04. The summed E-state index contributed by atoms with van der Waals surface area (Å²) in [6.07, 6.45) is 1.11. The maximum absolute atomic E-state index is 4.52. The molecule has 0 radical (unpaired) electrons. The maximum Gasteiger partial charge on any atom is 0.212 e. The third-order valence-electron chi connectivity index (χ3n) is 2.04. The third-order valence-corrected chi connectivity index (χ3v) is 3.69. The zero-order valence-corrected chi connectivity index (χ0v) is 7.99. The summed E-state index contributed by atoms with van der Waals surface area (Å²) in [5, 5.41) is 4.25. The lowest BCUT2D eigenvalue weighted by atomic mass is 10.3. The zero-order valence-electron chi connectivity index (χ0n) is 6.36. The normalized spacial score (nSPS) is 16.7. The molecule has 0 aliphatic carbocycles. The van der Waals surface area contributed by atoms with Crippen LogP contribution in [0.1, 0.15) is 11.4 Å². The van der Waals surface area contributed by atoms with E-state index in [1.807, 2.05) is 21.8 Å². The molecule has 0 aromatic carbocycles. The van der Waals surface area contributed by atoms with Crippen LogP contribution in [0.5, 0.6) is 0 Å². The number of nitrogens with zero attached hydrogens (tertiary/aromatic N) is 3. The van der Waals surface area contributed by atoms with Gasteiger partial charge in [-0.2, -0.15) is 16.9 Å². The highest BCUT2D eigenvalue weighted by Crippen LogP contribution is 2.25. The second-order valence-corrected chi connectivity index (χ2v) is 4.66. The van der Waals surface area contributed by atoms with Crippen molar-refractivity contribution < 1.29 is 0 Å². The van der Waals surface area contributed by atoms with Gasteiger partial charge in [-0.1, -0.05) is 11.3 Å². The van der Waals surface area contributed by atoms with E-state index in [9.17, 15) is 0 Å². The summed E-state index contributed by atoms with van der Waals surface area (Å²) in [7, 11) is 0. The van der Waals surface area contributed by atoms with Crippen LogP contribution >= 0.6 is 23.1 Å². The minimum absolute atomic E-state index is 1.04. The van der Waals surface area contributed by atoms with E-state index >= 15 is 0 Å². The van der Waals surface area contributed by atoms with Gasteiger partial charge in [0.25, 0.3) is 0 Å². The van der Waals surface area contributed by atoms with Crippen LogP contribution in [0.3, 0.4) is 0 Å². The highest BCUT2D eigenvalue weighted by Gasteiger charge is 2.17. The summed E-state index contributed by atoms with van der Waals surface area (Å²) in [5.74, 6) is 2.28. The molecule has 2 aromatic heterocycles. The van der Waals surface area contributed by atoms with E-state index in [0.717, 1.165) is 17.1 Å². The maximum atomic E-state index is 4.52. The van der Waals surface area contributed by atoms with Gasteiger partial charge in [0.05, 0.1) is 11.4 Å². The van der Waals surface area contributed by atoms with Crippen molar-refractivity contribution in [2.75, 3.05) is 5.75 Å². The topological polar surface area (TPSA) is 30.2 Å². The van der Waals surface area contributed by atoms with Crippen molar-refractivity contribution in [2.45, 2.75) is 12.2 Å². The van der Waals surface area contributed by atoms with E-state index in [2.05, 4.69) is 10.1 Å². The molecule has 0 saturated carbocycles. The fraction of sp³-hybridized carbons (Fsp3) is 0.429. The first kappa shape index (κ1) is 6.91. The number of aromatic nitrogens is 3. The predicted octanol–water partition coefficient (Wildman–Crippen LogP) is 1.58. The summed E-state index contributed by atoms with van der Waals surface area (Å²) >= 11 is 3.58. The van der Waals surface area contributed by atoms with Crippen molar-refractivity contribution in [1.29, 1.82) is 0 Å². The Morgan fingerprint density at radius 2 is 2.50 bits per heavy atom. The number of hydrogen-bond acceptors (Lipinski definition) is 4. The summed E-state index contributed by atoms with van der Waals surface area (Å²) in [5.41, 5.74) is 4.41. The Balaban J connectivity index is 2.34. The highest BCUT2D eigenvalue weighted by molar-refractivity contribution is 7.98. The Morgan fingerprint density at radius 1 is 1.50 bits per heavy atom. The van der Waals surface area contributed by atoms with Gasteiger partial charge < -0.3 is 0 Å². The molecule has 0 unspecified atom stereocenters. The average molecular weight is 197 g/mol. The lowest BCUT2D eigenvalue weighted by molar-refractivity contribution is 0.896. The molecule has 62 valence electrons. The van der Waals surface area contributed by atoms with Gasteiger partial charge >= 0.3 is 0 Å². The number of thioether (sulfide) groups is 1. The molecule has 0 bridgehead atoms. The lowest BCUT2D eigenvalue weighted by Gasteiger charge is -2.08. The third kappa shape index (κ3) is 0.834. The number of hydrogen-bond donors (Lipinski definition) is 0. The van der Waals surface area contributed by atoms with E-state index in [0.29, 0.717) is 0 Å². The van der Waals surface area contributed by atoms with Crippen LogP contribution in [0.25, 0.3) is 4.96 Å². The molecule has 3 heterocycles. The monoisotopic (exact) mass is 197 g/mol. The first-order valence-corrected chi connectivity index (χ1v) is 5.86. The Morgan fingerprint density at radius 3 is 3.50 bits per heavy atom. The van der Waals surface area contributed by atoms with Crippen LogP contribution in [0.4, 0.5) is 0 Å². The first-order chi connectivity index (χ1) is 5.95. The van der Waals surface area contributed by atoms with Crippen molar-refractivity contribution in [3.63, 3.8) is 0 Å². The molecule has 0 spiro atoms. The fourth-order valence-corrected chi connectivity index (χ4v) is 3.08. The van der Waals surface area contributed by atoms with Crippen LogP contribution in [0, 0.1) is 0 Å². The van der Waals surface area contributed by atoms with Crippen LogP contribution in [-0.2, 0) is 12.2 Å². The van der Waals surface area contributed by atoms with Crippen molar-refractivity contribution in [3.05, 3.63) is 16.9 Å². The van der Waals surface area contributed by atoms with Gasteiger partial charge in [-0.15, -0.1) is 0 Å². The van der Waals surface area contributed by atoms with Crippen molar-refractivity contribution >= 4 is 28.1 Å². The quantitative estimate of drug-likeness (QED) is 0.642. The van der Waals surface area contributed by atoms with Crippen LogP contribution in [0.15, 0.2) is 5.51 Å². The Kier molecular flexibility index (Phi) is 1.42. The fourth-order valence-electron chi connectivity index (χ4n) is 1.46. The molecule has 0 fully saturated rings. The first-order valence-electron chi connectivity index (χ1n) is 3.83. The van der Waals surface area contributed by atoms with E-state index in [4.69, 9.17) is 0 Å². The van der Waals surface area contributed by atoms with Crippen molar-refractivity contribution in [3.8, 4) is 0 Å². The van der Waals surface area contributed by atoms with Gasteiger partial charge in [-0.25, -0.2) is 9.50 Å². The Hall–Kier alpha value is -0.550. The average Bonchev–Trinajstić information content (AvgIpc) is 2.62. The molecule has 12 heavy (non-hydrogen) atoms. The number of rotatable bonds is 0. The SMILES string of the molecule is c1nn2c3c(nc2s1)CCSC3. The standard InChI is InChI=1S/C7H7N3S2/c1-2-11-3-6-5(1)9-7-10(6)8-4-12-7/h4H,1-3H2. The van der Waals surface area contributed by atoms with Gasteiger partial charge in [-0.05, 0) is 5.75 Å². The van der Waals surface area contributed by atoms with Gasteiger partial charge in [0.15, 0.2) is 0 Å². The van der Waals surface area contributed by atoms with E-state index in [-0.39, 0.29) is 0 Å². The van der Waals surface area contributed by atoms with Crippen LogP contribution in [0.2, 0.25) is 0 Å². The van der Waals surface area contributed by atoms with Crippen LogP contribution in [-0.4, -0.2) is 20.4 Å². The largest absolute Gasteiger partial charge is 0.222 e. The molecule has 1 aliphatic rings. The molecule has 2 aromatic rings. The second-order valence-electron chi connectivity index (χ2n) is 2.74. The smallest absolute Gasteiger partial charge is 0.212 e. The van der Waals surface area contributed by atoms with Gasteiger partial charge in [0, 0.05) is 12.2 Å². The molecule has 3 nitrogen and oxygen atoms in total. The Bertz CT molecular complexity index is 417. The Labute approximate surface area is 77.8 Å². The zero-order chi connectivity index (χ0) is 7.97. The van der Waals surface area contributed by atoms with E-state index in [1.54, 1.807) is 11.3 Å². The van der Waals surface area contributed by atoms with Crippen molar-refractivity contribution in [1.82, 2.24) is 14.6 Å². The molecule has 0 saturated heterocycles. The number of fused-ring (bicyclic) bond motifs is 3. The molecule has 0 N–H and O–H groups in total.